The van der Waals surface area contributed by atoms with Crippen molar-refractivity contribution in [2.45, 2.75) is 12.5 Å². The number of fused-ring (bicyclic) bond motifs is 1. The second-order valence-electron chi connectivity index (χ2n) is 8.40. The summed E-state index contributed by atoms with van der Waals surface area (Å²) in [6.07, 6.45) is 6.44. The number of aromatic nitrogens is 3. The molecule has 2 aromatic heterocycles. The van der Waals surface area contributed by atoms with Crippen molar-refractivity contribution in [2.75, 3.05) is 6.54 Å². The van der Waals surface area contributed by atoms with Crippen LogP contribution in [-0.2, 0) is 13.5 Å². The standard InChI is InChI=1S/C28H25ClN4O/c1-33-18-22(16-32-33)21-9-12-24-25(17-31-26(24)15-21)28(34)27(20-5-3-2-4-6-20)30-14-13-19-7-10-23(29)11-8-19/h2-12,15-18,27,30-31H,13-14H2,1H3/t27-/m1/s1. The molecule has 2 N–H and O–H groups in total. The maximum atomic E-state index is 13.8. The van der Waals surface area contributed by atoms with Crippen LogP contribution in [-0.4, -0.2) is 27.1 Å². The van der Waals surface area contributed by atoms with Crippen molar-refractivity contribution in [3.05, 3.63) is 113 Å². The van der Waals surface area contributed by atoms with Crippen molar-refractivity contribution in [2.24, 2.45) is 7.05 Å². The van der Waals surface area contributed by atoms with Crippen molar-refractivity contribution >= 4 is 28.3 Å². The monoisotopic (exact) mass is 468 g/mol. The molecule has 0 aliphatic rings. The highest BCUT2D eigenvalue weighted by Crippen LogP contribution is 2.28. The van der Waals surface area contributed by atoms with Gasteiger partial charge in [0, 0.05) is 53.0 Å². The Labute approximate surface area is 203 Å². The van der Waals surface area contributed by atoms with Gasteiger partial charge in [-0.2, -0.15) is 5.10 Å². The fraction of sp³-hybridized carbons (Fsp3) is 0.143. The molecule has 0 fully saturated rings. The van der Waals surface area contributed by atoms with Crippen molar-refractivity contribution in [1.29, 1.82) is 0 Å². The lowest BCUT2D eigenvalue weighted by Gasteiger charge is -2.18. The lowest BCUT2D eigenvalue weighted by molar-refractivity contribution is 0.0945. The summed E-state index contributed by atoms with van der Waals surface area (Å²) in [5.74, 6) is 0.0442. The third kappa shape index (κ3) is 4.67. The Kier molecular flexibility index (Phi) is 6.30. The van der Waals surface area contributed by atoms with E-state index in [0.29, 0.717) is 12.1 Å². The van der Waals surface area contributed by atoms with Gasteiger partial charge in [0.25, 0.3) is 0 Å². The van der Waals surface area contributed by atoms with Crippen molar-refractivity contribution in [1.82, 2.24) is 20.1 Å². The molecule has 5 nitrogen and oxygen atoms in total. The third-order valence-corrected chi connectivity index (χ3v) is 6.31. The topological polar surface area (TPSA) is 62.7 Å². The summed E-state index contributed by atoms with van der Waals surface area (Å²) in [5.41, 5.74) is 5.83. The number of halogens is 1. The minimum Gasteiger partial charge on any atom is -0.360 e. The van der Waals surface area contributed by atoms with Gasteiger partial charge in [-0.1, -0.05) is 66.2 Å². The second kappa shape index (κ2) is 9.67. The zero-order valence-corrected chi connectivity index (χ0v) is 19.6. The molecule has 5 rings (SSSR count). The Morgan fingerprint density at radius 2 is 1.85 bits per heavy atom. The van der Waals surface area contributed by atoms with Gasteiger partial charge in [-0.3, -0.25) is 9.48 Å². The van der Waals surface area contributed by atoms with Crippen molar-refractivity contribution in [3.8, 4) is 11.1 Å². The number of ketones is 1. The summed E-state index contributed by atoms with van der Waals surface area (Å²) in [6.45, 7) is 0.667. The summed E-state index contributed by atoms with van der Waals surface area (Å²) >= 11 is 6.00. The van der Waals surface area contributed by atoms with E-state index in [2.05, 4.69) is 21.5 Å². The fourth-order valence-electron chi connectivity index (χ4n) is 4.25. The zero-order chi connectivity index (χ0) is 23.5. The van der Waals surface area contributed by atoms with Crippen LogP contribution in [0.2, 0.25) is 5.02 Å². The number of carbonyl (C=O) groups excluding carboxylic acids is 1. The number of nitrogens with one attached hydrogen (secondary N) is 2. The molecule has 0 saturated heterocycles. The molecule has 6 heteroatoms. The fourth-order valence-corrected chi connectivity index (χ4v) is 4.38. The third-order valence-electron chi connectivity index (χ3n) is 6.06. The van der Waals surface area contributed by atoms with Gasteiger partial charge in [0.15, 0.2) is 5.78 Å². The van der Waals surface area contributed by atoms with Gasteiger partial charge in [0.05, 0.1) is 12.2 Å². The van der Waals surface area contributed by atoms with Crippen molar-refractivity contribution in [3.63, 3.8) is 0 Å². The van der Waals surface area contributed by atoms with Crippen LogP contribution in [0, 0.1) is 0 Å². The lowest BCUT2D eigenvalue weighted by Crippen LogP contribution is -2.30. The van der Waals surface area contributed by atoms with E-state index < -0.39 is 6.04 Å². The van der Waals surface area contributed by atoms with Crippen LogP contribution >= 0.6 is 11.6 Å². The van der Waals surface area contributed by atoms with Gasteiger partial charge >= 0.3 is 0 Å². The largest absolute Gasteiger partial charge is 0.360 e. The van der Waals surface area contributed by atoms with Crippen LogP contribution in [0.3, 0.4) is 0 Å². The van der Waals surface area contributed by atoms with Gasteiger partial charge in [-0.05, 0) is 41.3 Å². The number of aromatic amines is 1. The summed E-state index contributed by atoms with van der Waals surface area (Å²) in [5, 5.41) is 9.38. The van der Waals surface area contributed by atoms with Gasteiger partial charge in [0.2, 0.25) is 0 Å². The predicted octanol–water partition coefficient (Wildman–Crippen LogP) is 5.98. The van der Waals surface area contributed by atoms with Crippen LogP contribution in [0.25, 0.3) is 22.0 Å². The van der Waals surface area contributed by atoms with Gasteiger partial charge in [-0.25, -0.2) is 0 Å². The molecule has 0 amide bonds. The number of hydrogen-bond acceptors (Lipinski definition) is 3. The Hall–Kier alpha value is -3.67. The smallest absolute Gasteiger partial charge is 0.186 e. The molecule has 5 aromatic rings. The highest BCUT2D eigenvalue weighted by atomic mass is 35.5. The van der Waals surface area contributed by atoms with E-state index in [0.717, 1.165) is 39.0 Å². The van der Waals surface area contributed by atoms with E-state index in [9.17, 15) is 4.79 Å². The van der Waals surface area contributed by atoms with Gasteiger partial charge < -0.3 is 10.3 Å². The molecular weight excluding hydrogens is 444 g/mol. The number of hydrogen-bond donors (Lipinski definition) is 2. The maximum Gasteiger partial charge on any atom is 0.186 e. The molecule has 34 heavy (non-hydrogen) atoms. The van der Waals surface area contributed by atoms with E-state index in [4.69, 9.17) is 11.6 Å². The Balaban J connectivity index is 1.40. The van der Waals surface area contributed by atoms with Crippen LogP contribution < -0.4 is 5.32 Å². The average molecular weight is 469 g/mol. The average Bonchev–Trinajstić information content (AvgIpc) is 3.49. The summed E-state index contributed by atoms with van der Waals surface area (Å²) < 4.78 is 1.78. The maximum absolute atomic E-state index is 13.8. The minimum atomic E-state index is -0.439. The number of Topliss-reactive ketones (excluding diaryl/α,β-unsaturated/α-hetero) is 1. The van der Waals surface area contributed by atoms with E-state index >= 15 is 0 Å². The minimum absolute atomic E-state index is 0.0442. The Bertz CT molecular complexity index is 1420. The highest BCUT2D eigenvalue weighted by Gasteiger charge is 2.24. The molecular formula is C28H25ClN4O. The van der Waals surface area contributed by atoms with E-state index in [1.165, 1.54) is 5.56 Å². The lowest BCUT2D eigenvalue weighted by atomic mass is 9.96. The number of H-pyrrole nitrogens is 1. The SMILES string of the molecule is Cn1cc(-c2ccc3c(C(=O)[C@H](NCCc4ccc(Cl)cc4)c4ccccc4)c[nH]c3c2)cn1. The molecule has 0 saturated carbocycles. The molecule has 2 heterocycles. The normalized spacial score (nSPS) is 12.2. The number of carbonyl (C=O) groups is 1. The molecule has 0 radical (unpaired) electrons. The zero-order valence-electron chi connectivity index (χ0n) is 18.8. The predicted molar refractivity (Wildman–Crippen MR) is 137 cm³/mol. The van der Waals surface area contributed by atoms with E-state index in [1.807, 2.05) is 92.4 Å². The first-order valence-electron chi connectivity index (χ1n) is 11.3. The first-order valence-corrected chi connectivity index (χ1v) is 11.6. The highest BCUT2D eigenvalue weighted by molar-refractivity contribution is 6.30. The molecule has 3 aromatic carbocycles. The number of aryl methyl sites for hydroxylation is 1. The molecule has 0 spiro atoms. The molecule has 0 unspecified atom stereocenters. The van der Waals surface area contributed by atoms with Gasteiger partial charge in [-0.15, -0.1) is 0 Å². The first kappa shape index (κ1) is 22.1. The molecule has 0 bridgehead atoms. The molecule has 0 aliphatic carbocycles. The number of nitrogens with zero attached hydrogens (tertiary/aromatic N) is 2. The summed E-state index contributed by atoms with van der Waals surface area (Å²) in [4.78, 5) is 17.0. The summed E-state index contributed by atoms with van der Waals surface area (Å²) in [6, 6.07) is 23.4. The van der Waals surface area contributed by atoms with Crippen LogP contribution in [0.4, 0.5) is 0 Å². The quantitative estimate of drug-likeness (QED) is 0.275. The molecule has 170 valence electrons. The van der Waals surface area contributed by atoms with Crippen LogP contribution in [0.5, 0.6) is 0 Å². The first-order chi connectivity index (χ1) is 16.6. The molecule has 0 aliphatic heterocycles. The van der Waals surface area contributed by atoms with Gasteiger partial charge in [0.1, 0.15) is 0 Å². The van der Waals surface area contributed by atoms with Crippen molar-refractivity contribution < 1.29 is 4.79 Å². The number of rotatable bonds is 8. The Morgan fingerprint density at radius 1 is 1.06 bits per heavy atom. The van der Waals surface area contributed by atoms with E-state index in [1.54, 1.807) is 4.68 Å². The molecule has 1 atom stereocenters. The number of benzene rings is 3. The van der Waals surface area contributed by atoms with Crippen LogP contribution in [0.1, 0.15) is 27.5 Å². The van der Waals surface area contributed by atoms with E-state index in [-0.39, 0.29) is 5.78 Å². The second-order valence-corrected chi connectivity index (χ2v) is 8.84. The Morgan fingerprint density at radius 3 is 2.59 bits per heavy atom. The van der Waals surface area contributed by atoms with Crippen LogP contribution in [0.15, 0.2) is 91.4 Å². The summed E-state index contributed by atoms with van der Waals surface area (Å²) in [7, 11) is 1.90.